The highest BCUT2D eigenvalue weighted by atomic mass is 32.2. The minimum atomic E-state index is -4.89. The number of halogens is 4. The van der Waals surface area contributed by atoms with Crippen molar-refractivity contribution in [2.45, 2.75) is 36.4 Å². The van der Waals surface area contributed by atoms with Crippen molar-refractivity contribution in [1.82, 2.24) is 19.9 Å². The van der Waals surface area contributed by atoms with Crippen molar-refractivity contribution in [1.29, 1.82) is 0 Å². The zero-order chi connectivity index (χ0) is 27.5. The number of fused-ring (bicyclic) bond motifs is 2. The summed E-state index contributed by atoms with van der Waals surface area (Å²) in [5.74, 6) is 0.582. The van der Waals surface area contributed by atoms with E-state index in [1.54, 1.807) is 13.0 Å². The molecule has 1 saturated carbocycles. The fourth-order valence-electron chi connectivity index (χ4n) is 5.33. The van der Waals surface area contributed by atoms with Crippen LogP contribution in [0.15, 0.2) is 35.8 Å². The van der Waals surface area contributed by atoms with Crippen molar-refractivity contribution >= 4 is 39.5 Å². The largest absolute Gasteiger partial charge is 0.479 e. The fraction of sp³-hybridized carbons (Fsp3) is 0.375. The van der Waals surface area contributed by atoms with E-state index in [1.807, 2.05) is 0 Å². The molecule has 5 rings (SSSR count). The Bertz CT molecular complexity index is 1500. The maximum absolute atomic E-state index is 15.1. The molecule has 0 spiro atoms. The van der Waals surface area contributed by atoms with Gasteiger partial charge in [0, 0.05) is 17.5 Å². The lowest BCUT2D eigenvalue weighted by atomic mass is 9.85. The van der Waals surface area contributed by atoms with Crippen LogP contribution in [0.25, 0.3) is 11.0 Å². The quantitative estimate of drug-likeness (QED) is 0.241. The summed E-state index contributed by atoms with van der Waals surface area (Å²) in [7, 11) is 0. The van der Waals surface area contributed by atoms with E-state index in [4.69, 9.17) is 16.9 Å². The molecule has 14 heteroatoms. The van der Waals surface area contributed by atoms with Crippen LogP contribution in [0.2, 0.25) is 0 Å². The Morgan fingerprint density at radius 1 is 1.26 bits per heavy atom. The number of amidine groups is 1. The Morgan fingerprint density at radius 2 is 2.03 bits per heavy atom. The molecule has 0 amide bonds. The maximum Gasteiger partial charge on any atom is 0.415 e. The molecular formula is C24H21F4N7O2S. The minimum Gasteiger partial charge on any atom is -0.479 e. The zero-order valence-electron chi connectivity index (χ0n) is 20.0. The maximum atomic E-state index is 15.1. The van der Waals surface area contributed by atoms with Gasteiger partial charge in [0.15, 0.2) is 17.1 Å². The van der Waals surface area contributed by atoms with Gasteiger partial charge in [0.25, 0.3) is 0 Å². The number of nitrogens with zero attached hydrogens (tertiary/aromatic N) is 5. The van der Waals surface area contributed by atoms with E-state index in [0.717, 1.165) is 0 Å². The van der Waals surface area contributed by atoms with E-state index in [2.05, 4.69) is 36.2 Å². The third kappa shape index (κ3) is 4.06. The number of anilines is 2. The molecule has 0 radical (unpaired) electrons. The molecule has 5 atom stereocenters. The van der Waals surface area contributed by atoms with Gasteiger partial charge in [-0.15, -0.1) is 6.42 Å². The molecule has 1 fully saturated rings. The topological polar surface area (TPSA) is 131 Å². The van der Waals surface area contributed by atoms with Gasteiger partial charge in [0.1, 0.15) is 24.2 Å². The summed E-state index contributed by atoms with van der Waals surface area (Å²) in [5.41, 5.74) is 5.44. The second-order valence-electron chi connectivity index (χ2n) is 9.20. The van der Waals surface area contributed by atoms with Gasteiger partial charge in [-0.25, -0.2) is 19.9 Å². The summed E-state index contributed by atoms with van der Waals surface area (Å²) in [4.78, 5) is 20.9. The van der Waals surface area contributed by atoms with Gasteiger partial charge >= 0.3 is 6.18 Å². The molecule has 3 aromatic rings. The highest BCUT2D eigenvalue weighted by Crippen LogP contribution is 2.72. The first-order valence-corrected chi connectivity index (χ1v) is 12.1. The number of alkyl halides is 3. The third-order valence-electron chi connectivity index (χ3n) is 6.98. The summed E-state index contributed by atoms with van der Waals surface area (Å²) in [6.07, 6.45) is 1.60. The predicted molar refractivity (Wildman–Crippen MR) is 133 cm³/mol. The summed E-state index contributed by atoms with van der Waals surface area (Å²) in [5, 5.41) is 13.1. The lowest BCUT2D eigenvalue weighted by Crippen LogP contribution is -2.47. The highest BCUT2D eigenvalue weighted by Gasteiger charge is 2.78. The summed E-state index contributed by atoms with van der Waals surface area (Å²) in [6.45, 7) is 3.11. The number of aliphatic hydroxyl groups excluding tert-OH is 1. The van der Waals surface area contributed by atoms with Gasteiger partial charge in [-0.3, -0.25) is 4.99 Å². The van der Waals surface area contributed by atoms with Crippen molar-refractivity contribution in [3.05, 3.63) is 42.4 Å². The molecule has 198 valence electrons. The second kappa shape index (κ2) is 8.95. The molecule has 0 unspecified atom stereocenters. The van der Waals surface area contributed by atoms with E-state index >= 15 is 4.39 Å². The number of aliphatic imine (C=N–C) groups is 1. The van der Waals surface area contributed by atoms with Crippen LogP contribution in [0, 0.1) is 30.1 Å². The summed E-state index contributed by atoms with van der Waals surface area (Å²) in [6, 6.07) is 3.02. The average Bonchev–Trinajstić information content (AvgIpc) is 3.47. The van der Waals surface area contributed by atoms with E-state index in [9.17, 15) is 18.3 Å². The standard InChI is InChI=1S/C24H21F4N7O2S/c1-4-5-37-13-7-15-16(30-9-13)19(33-10-32-15)34-12-6-14(18(25)31-8-12)22(3)17-11(2)23(17,38-21(29)35-22)20(36)24(26,27)28/h1,6-11,17,20,36H,5H2,2-3H3,(H2,29,35)(H,32,33,34)/t11-,17-,20-,22+,23-/m0/s1. The first-order chi connectivity index (χ1) is 17.9. The normalized spacial score (nSPS) is 27.2. The van der Waals surface area contributed by atoms with Crippen LogP contribution < -0.4 is 15.8 Å². The van der Waals surface area contributed by atoms with Crippen molar-refractivity contribution in [3.63, 3.8) is 0 Å². The average molecular weight is 548 g/mol. The number of terminal acetylenes is 1. The lowest BCUT2D eigenvalue weighted by Gasteiger charge is -2.36. The van der Waals surface area contributed by atoms with Crippen LogP contribution in [0.1, 0.15) is 19.4 Å². The molecule has 2 aliphatic rings. The second-order valence-corrected chi connectivity index (χ2v) is 10.5. The molecule has 38 heavy (non-hydrogen) atoms. The lowest BCUT2D eigenvalue weighted by molar-refractivity contribution is -0.208. The Morgan fingerprint density at radius 3 is 2.74 bits per heavy atom. The predicted octanol–water partition coefficient (Wildman–Crippen LogP) is 3.52. The molecular weight excluding hydrogens is 526 g/mol. The molecule has 4 heterocycles. The Balaban J connectivity index is 1.51. The molecule has 0 aromatic carbocycles. The van der Waals surface area contributed by atoms with Gasteiger partial charge in [0.05, 0.1) is 33.9 Å². The first kappa shape index (κ1) is 25.9. The number of rotatable bonds is 6. The Hall–Kier alpha value is -3.70. The molecule has 0 bridgehead atoms. The van der Waals surface area contributed by atoms with E-state index in [-0.39, 0.29) is 28.8 Å². The van der Waals surface area contributed by atoms with Crippen molar-refractivity contribution in [2.75, 3.05) is 11.9 Å². The Kier molecular flexibility index (Phi) is 6.11. The van der Waals surface area contributed by atoms with Crippen molar-refractivity contribution in [2.24, 2.45) is 22.6 Å². The number of aliphatic hydroxyl groups is 1. The van der Waals surface area contributed by atoms with Crippen LogP contribution in [0.4, 0.5) is 29.1 Å². The van der Waals surface area contributed by atoms with Gasteiger partial charge < -0.3 is 20.9 Å². The zero-order valence-corrected chi connectivity index (χ0v) is 20.8. The van der Waals surface area contributed by atoms with Crippen LogP contribution >= 0.6 is 11.8 Å². The molecule has 3 aromatic heterocycles. The molecule has 4 N–H and O–H groups in total. The molecule has 1 aliphatic heterocycles. The number of nitrogens with one attached hydrogen (secondary N) is 1. The minimum absolute atomic E-state index is 0.0541. The van der Waals surface area contributed by atoms with E-state index in [1.165, 1.54) is 31.7 Å². The van der Waals surface area contributed by atoms with Crippen molar-refractivity contribution < 1.29 is 27.4 Å². The number of pyridine rings is 2. The van der Waals surface area contributed by atoms with Crippen LogP contribution in [-0.4, -0.2) is 53.8 Å². The van der Waals surface area contributed by atoms with E-state index < -0.39 is 40.3 Å². The first-order valence-electron chi connectivity index (χ1n) is 11.3. The van der Waals surface area contributed by atoms with Crippen LogP contribution in [0.3, 0.4) is 0 Å². The third-order valence-corrected chi connectivity index (χ3v) is 8.48. The number of aromatic nitrogens is 4. The number of ether oxygens (including phenoxy) is 1. The SMILES string of the molecule is C#CCOc1cnc2c(Nc3cnc(F)c([C@@]4(C)N=C(N)S[C@]5([C@H](O)C(F)(F)F)[C@H]4[C@@H]5C)c3)ncnc2c1. The fourth-order valence-corrected chi connectivity index (χ4v) is 6.99. The van der Waals surface area contributed by atoms with Gasteiger partial charge in [0.2, 0.25) is 5.95 Å². The van der Waals surface area contributed by atoms with Gasteiger partial charge in [-0.1, -0.05) is 24.6 Å². The van der Waals surface area contributed by atoms with Gasteiger partial charge in [-0.2, -0.15) is 17.6 Å². The molecule has 9 nitrogen and oxygen atoms in total. The number of thioether (sulfide) groups is 1. The number of hydrogen-bond acceptors (Lipinski definition) is 10. The van der Waals surface area contributed by atoms with Crippen LogP contribution in [0.5, 0.6) is 5.75 Å². The van der Waals surface area contributed by atoms with Crippen molar-refractivity contribution in [3.8, 4) is 18.1 Å². The molecule has 0 saturated heterocycles. The highest BCUT2D eigenvalue weighted by molar-refractivity contribution is 8.15. The van der Waals surface area contributed by atoms with E-state index in [0.29, 0.717) is 28.5 Å². The molecule has 1 aliphatic carbocycles. The number of nitrogens with two attached hydrogens (primary N) is 1. The summed E-state index contributed by atoms with van der Waals surface area (Å²) >= 11 is 0.676. The van der Waals surface area contributed by atoms with Crippen LogP contribution in [-0.2, 0) is 5.54 Å². The number of hydrogen-bond donors (Lipinski definition) is 3. The monoisotopic (exact) mass is 547 g/mol. The smallest absolute Gasteiger partial charge is 0.415 e. The van der Waals surface area contributed by atoms with Gasteiger partial charge in [-0.05, 0) is 18.9 Å². The summed E-state index contributed by atoms with van der Waals surface area (Å²) < 4.78 is 59.6. The Labute approximate surface area is 218 Å².